The Balaban J connectivity index is 1.33. The lowest BCUT2D eigenvalue weighted by molar-refractivity contribution is 0.0946. The van der Waals surface area contributed by atoms with E-state index < -0.39 is 32.7 Å². The number of hydrogen-bond donors (Lipinski definition) is 2. The van der Waals surface area contributed by atoms with Crippen LogP contribution in [0.3, 0.4) is 0 Å². The maximum absolute atomic E-state index is 13.7. The van der Waals surface area contributed by atoms with Gasteiger partial charge in [0, 0.05) is 23.9 Å². The highest BCUT2D eigenvalue weighted by Gasteiger charge is 2.22. The number of nitrogens with two attached hydrogens (primary N) is 1. The minimum atomic E-state index is -4.29. The number of halogens is 2. The molecular weight excluding hydrogens is 529 g/mol. The van der Waals surface area contributed by atoms with E-state index in [0.717, 1.165) is 17.0 Å². The van der Waals surface area contributed by atoms with Crippen molar-refractivity contribution in [3.8, 4) is 16.7 Å². The Morgan fingerprint density at radius 3 is 2.81 bits per heavy atom. The molecule has 1 saturated carbocycles. The number of sulfonamides is 1. The van der Waals surface area contributed by atoms with Gasteiger partial charge in [-0.25, -0.2) is 22.9 Å². The third kappa shape index (κ3) is 7.03. The van der Waals surface area contributed by atoms with Crippen molar-refractivity contribution >= 4 is 44.9 Å². The van der Waals surface area contributed by atoms with E-state index in [0.29, 0.717) is 34.2 Å². The predicted octanol–water partition coefficient (Wildman–Crippen LogP) is 5.00. The molecule has 0 unspecified atom stereocenters. The van der Waals surface area contributed by atoms with E-state index in [4.69, 9.17) is 26.2 Å². The number of hydrogen-bond acceptors (Lipinski definition) is 7. The zero-order chi connectivity index (χ0) is 25.9. The van der Waals surface area contributed by atoms with Crippen molar-refractivity contribution in [3.05, 3.63) is 70.0 Å². The van der Waals surface area contributed by atoms with Gasteiger partial charge in [-0.1, -0.05) is 29.0 Å². The van der Waals surface area contributed by atoms with Crippen molar-refractivity contribution < 1.29 is 27.1 Å². The third-order valence-corrected chi connectivity index (χ3v) is 7.26. The monoisotopic (exact) mass is 551 g/mol. The van der Waals surface area contributed by atoms with Crippen molar-refractivity contribution in [1.29, 1.82) is 0 Å². The van der Waals surface area contributed by atoms with Crippen LogP contribution in [0.15, 0.2) is 53.6 Å². The first-order chi connectivity index (χ1) is 17.1. The van der Waals surface area contributed by atoms with E-state index in [-0.39, 0.29) is 5.56 Å². The molecule has 1 aromatic heterocycles. The van der Waals surface area contributed by atoms with Crippen LogP contribution in [0, 0.1) is 11.7 Å². The summed E-state index contributed by atoms with van der Waals surface area (Å²) in [5.41, 5.74) is -0.0324. The fraction of sp³-hybridized carbons (Fsp3) is 0.250. The Morgan fingerprint density at radius 1 is 1.33 bits per heavy atom. The maximum Gasteiger partial charge on any atom is 0.279 e. The van der Waals surface area contributed by atoms with E-state index in [2.05, 4.69) is 10.3 Å². The fourth-order valence-corrected chi connectivity index (χ4v) is 4.61. The van der Waals surface area contributed by atoms with Gasteiger partial charge in [0.1, 0.15) is 22.2 Å². The molecule has 0 aliphatic heterocycles. The SMILES string of the molecule is C[C@@H](C=Cc1cnc(Oc2ccc(OCC3CC3)cc2Cl)s1)NC(=O)c1ccc(F)c(S(N)(=O)=O)c1. The number of carbonyl (C=O) groups excluding carboxylic acids is 1. The molecule has 1 fully saturated rings. The van der Waals surface area contributed by atoms with Crippen molar-refractivity contribution in [1.82, 2.24) is 10.3 Å². The Morgan fingerprint density at radius 2 is 2.11 bits per heavy atom. The van der Waals surface area contributed by atoms with Crippen molar-refractivity contribution in [2.75, 3.05) is 6.61 Å². The van der Waals surface area contributed by atoms with E-state index >= 15 is 0 Å². The van der Waals surface area contributed by atoms with Gasteiger partial charge in [-0.2, -0.15) is 0 Å². The van der Waals surface area contributed by atoms with E-state index in [1.165, 1.54) is 30.2 Å². The number of rotatable bonds is 10. The number of nitrogens with zero attached hydrogens (tertiary/aromatic N) is 1. The molecule has 3 N–H and O–H groups in total. The molecule has 1 amide bonds. The van der Waals surface area contributed by atoms with Crippen LogP contribution >= 0.6 is 22.9 Å². The van der Waals surface area contributed by atoms with Crippen LogP contribution < -0.4 is 19.9 Å². The van der Waals surface area contributed by atoms with Gasteiger partial charge in [0.05, 0.1) is 16.5 Å². The van der Waals surface area contributed by atoms with Gasteiger partial charge in [0.2, 0.25) is 10.0 Å². The molecule has 3 aromatic rings. The lowest BCUT2D eigenvalue weighted by Crippen LogP contribution is -2.31. The Labute approximate surface area is 217 Å². The molecule has 8 nitrogen and oxygen atoms in total. The third-order valence-electron chi connectivity index (χ3n) is 5.19. The van der Waals surface area contributed by atoms with Crippen LogP contribution in [0.1, 0.15) is 35.0 Å². The summed E-state index contributed by atoms with van der Waals surface area (Å²) in [4.78, 5) is 16.7. The summed E-state index contributed by atoms with van der Waals surface area (Å²) in [5.74, 6) is 0.191. The van der Waals surface area contributed by atoms with Crippen LogP contribution in [0.5, 0.6) is 16.7 Å². The normalized spacial score (nSPS) is 14.6. The quantitative estimate of drug-likeness (QED) is 0.366. The molecule has 36 heavy (non-hydrogen) atoms. The summed E-state index contributed by atoms with van der Waals surface area (Å²) in [7, 11) is -4.29. The lowest BCUT2D eigenvalue weighted by atomic mass is 10.2. The minimum Gasteiger partial charge on any atom is -0.493 e. The number of amides is 1. The predicted molar refractivity (Wildman–Crippen MR) is 136 cm³/mol. The molecular formula is C24H23ClFN3O5S2. The zero-order valence-electron chi connectivity index (χ0n) is 19.1. The van der Waals surface area contributed by atoms with E-state index in [1.807, 2.05) is 0 Å². The smallest absolute Gasteiger partial charge is 0.279 e. The lowest BCUT2D eigenvalue weighted by Gasteiger charge is -2.10. The van der Waals surface area contributed by atoms with Crippen LogP contribution in [0.25, 0.3) is 6.08 Å². The number of thiazole rings is 1. The average Bonchev–Trinajstić information content (AvgIpc) is 3.54. The molecule has 0 saturated heterocycles. The van der Waals surface area contributed by atoms with Crippen molar-refractivity contribution in [3.63, 3.8) is 0 Å². The van der Waals surface area contributed by atoms with Crippen LogP contribution in [0.4, 0.5) is 4.39 Å². The highest BCUT2D eigenvalue weighted by molar-refractivity contribution is 7.89. The molecule has 2 aromatic carbocycles. The second-order valence-corrected chi connectivity index (χ2v) is 11.3. The topological polar surface area (TPSA) is 121 Å². The number of carbonyl (C=O) groups is 1. The summed E-state index contributed by atoms with van der Waals surface area (Å²) >= 11 is 7.60. The van der Waals surface area contributed by atoms with E-state index in [9.17, 15) is 17.6 Å². The average molecular weight is 552 g/mol. The van der Waals surface area contributed by atoms with Gasteiger partial charge >= 0.3 is 0 Å². The zero-order valence-corrected chi connectivity index (χ0v) is 21.5. The Kier molecular flexibility index (Phi) is 7.94. The van der Waals surface area contributed by atoms with Crippen LogP contribution in [-0.2, 0) is 10.0 Å². The Hall–Kier alpha value is -2.99. The van der Waals surface area contributed by atoms with Gasteiger partial charge in [0.15, 0.2) is 0 Å². The number of ether oxygens (including phenoxy) is 2. The number of primary sulfonamides is 1. The largest absolute Gasteiger partial charge is 0.493 e. The van der Waals surface area contributed by atoms with Crippen LogP contribution in [-0.4, -0.2) is 32.0 Å². The van der Waals surface area contributed by atoms with E-state index in [1.54, 1.807) is 43.5 Å². The van der Waals surface area contributed by atoms with Gasteiger partial charge in [-0.05, 0) is 62.1 Å². The molecule has 1 heterocycles. The van der Waals surface area contributed by atoms with Gasteiger partial charge < -0.3 is 14.8 Å². The fourth-order valence-electron chi connectivity index (χ4n) is 3.08. The number of aromatic nitrogens is 1. The van der Waals surface area contributed by atoms with Crippen LogP contribution in [0.2, 0.25) is 5.02 Å². The molecule has 1 aliphatic carbocycles. The number of nitrogens with one attached hydrogen (secondary N) is 1. The first-order valence-corrected chi connectivity index (χ1v) is 13.7. The second kappa shape index (κ2) is 11.0. The molecule has 4 rings (SSSR count). The van der Waals surface area contributed by atoms with Gasteiger partial charge in [-0.3, -0.25) is 4.79 Å². The summed E-state index contributed by atoms with van der Waals surface area (Å²) in [6.45, 7) is 2.42. The molecule has 190 valence electrons. The maximum atomic E-state index is 13.7. The van der Waals surface area contributed by atoms with Crippen molar-refractivity contribution in [2.45, 2.75) is 30.7 Å². The highest BCUT2D eigenvalue weighted by Crippen LogP contribution is 2.35. The first kappa shape index (κ1) is 26.1. The minimum absolute atomic E-state index is 0.0324. The molecule has 0 bridgehead atoms. The van der Waals surface area contributed by atoms with Gasteiger partial charge in [0.25, 0.3) is 11.1 Å². The highest BCUT2D eigenvalue weighted by atomic mass is 35.5. The van der Waals surface area contributed by atoms with Gasteiger partial charge in [-0.15, -0.1) is 0 Å². The molecule has 1 aliphatic rings. The summed E-state index contributed by atoms with van der Waals surface area (Å²) in [6.07, 6.45) is 7.50. The first-order valence-electron chi connectivity index (χ1n) is 11.0. The Bertz CT molecular complexity index is 1410. The summed E-state index contributed by atoms with van der Waals surface area (Å²) < 4.78 is 48.2. The molecule has 12 heteroatoms. The second-order valence-electron chi connectivity index (χ2n) is 8.29. The van der Waals surface area contributed by atoms with Crippen molar-refractivity contribution in [2.24, 2.45) is 11.1 Å². The summed E-state index contributed by atoms with van der Waals surface area (Å²) in [6, 6.07) is 7.79. The molecule has 1 atom stereocenters. The molecule has 0 spiro atoms. The molecule has 0 radical (unpaired) electrons. The summed E-state index contributed by atoms with van der Waals surface area (Å²) in [5, 5.41) is 8.48. The standard InChI is InChI=1S/C24H23ClFN3O5S2/c1-14(29-23(30)16-5-8-20(26)22(10-16)36(27,31)32)2-7-18-12-28-24(35-18)34-21-9-6-17(11-19(21)25)33-13-15-3-4-15/h2,5-12,14-15H,3-4,13H2,1H3,(H,29,30)(H2,27,31,32)/t14-/m0/s1. The number of benzene rings is 2.